The minimum absolute atomic E-state index is 0.0316. The van der Waals surface area contributed by atoms with Crippen LogP contribution in [0.3, 0.4) is 0 Å². The predicted molar refractivity (Wildman–Crippen MR) is 49.6 cm³/mol. The Bertz CT molecular complexity index is 316. The van der Waals surface area contributed by atoms with Gasteiger partial charge in [-0.1, -0.05) is 11.6 Å². The van der Waals surface area contributed by atoms with Crippen LogP contribution in [-0.2, 0) is 6.18 Å². The monoisotopic (exact) mass is 337 g/mol. The highest BCUT2D eigenvalue weighted by Crippen LogP contribution is 2.35. The van der Waals surface area contributed by atoms with Crippen molar-refractivity contribution < 1.29 is 13.2 Å². The Morgan fingerprint density at radius 1 is 1.31 bits per heavy atom. The summed E-state index contributed by atoms with van der Waals surface area (Å²) < 4.78 is 36.5. The molecule has 0 atom stereocenters. The summed E-state index contributed by atoms with van der Waals surface area (Å²) in [4.78, 5) is 3.23. The second kappa shape index (κ2) is 3.74. The molecule has 0 aliphatic heterocycles. The lowest BCUT2D eigenvalue weighted by molar-refractivity contribution is -0.141. The normalized spacial score (nSPS) is 11.8. The van der Waals surface area contributed by atoms with Gasteiger partial charge in [0.25, 0.3) is 0 Å². The number of halogens is 6. The molecule has 13 heavy (non-hydrogen) atoms. The highest BCUT2D eigenvalue weighted by Gasteiger charge is 2.33. The Labute approximate surface area is 93.6 Å². The van der Waals surface area contributed by atoms with Crippen molar-refractivity contribution in [1.82, 2.24) is 4.98 Å². The highest BCUT2D eigenvalue weighted by atomic mass is 79.9. The first-order valence-electron chi connectivity index (χ1n) is 2.91. The Hall–Kier alpha value is 0.190. The van der Waals surface area contributed by atoms with E-state index < -0.39 is 11.9 Å². The zero-order chi connectivity index (χ0) is 10.2. The predicted octanol–water partition coefficient (Wildman–Crippen LogP) is 4.28. The zero-order valence-corrected chi connectivity index (χ0v) is 9.72. The first-order valence-corrected chi connectivity index (χ1v) is 4.87. The molecule has 1 nitrogen and oxygen atoms in total. The summed E-state index contributed by atoms with van der Waals surface area (Å²) in [5.41, 5.74) is -0.990. The van der Waals surface area contributed by atoms with Crippen LogP contribution in [0.15, 0.2) is 15.1 Å². The lowest BCUT2D eigenvalue weighted by Crippen LogP contribution is -2.08. The Balaban J connectivity index is 3.29. The summed E-state index contributed by atoms with van der Waals surface area (Å²) in [5, 5.41) is 0.119. The summed E-state index contributed by atoms with van der Waals surface area (Å²) in [6.45, 7) is 0. The van der Waals surface area contributed by atoms with E-state index in [9.17, 15) is 13.2 Å². The van der Waals surface area contributed by atoms with E-state index in [4.69, 9.17) is 11.6 Å². The van der Waals surface area contributed by atoms with Crippen molar-refractivity contribution in [2.75, 3.05) is 0 Å². The van der Waals surface area contributed by atoms with Gasteiger partial charge in [-0.05, 0) is 37.9 Å². The van der Waals surface area contributed by atoms with Gasteiger partial charge in [-0.2, -0.15) is 13.2 Å². The molecule has 1 rings (SSSR count). The van der Waals surface area contributed by atoms with Crippen LogP contribution >= 0.6 is 43.5 Å². The molecule has 0 fully saturated rings. The standard InChI is InChI=1S/C6HBr2ClF3N/c7-2-1-3(6(10,11)12)13-5(8)4(2)9/h1H. The maximum absolute atomic E-state index is 12.1. The molecule has 0 saturated carbocycles. The van der Waals surface area contributed by atoms with Gasteiger partial charge in [-0.3, -0.25) is 0 Å². The van der Waals surface area contributed by atoms with Crippen LogP contribution in [0.5, 0.6) is 0 Å². The molecule has 1 aromatic rings. The van der Waals surface area contributed by atoms with Gasteiger partial charge < -0.3 is 0 Å². The van der Waals surface area contributed by atoms with Gasteiger partial charge in [-0.15, -0.1) is 0 Å². The largest absolute Gasteiger partial charge is 0.433 e. The van der Waals surface area contributed by atoms with Crippen LogP contribution < -0.4 is 0 Å². The van der Waals surface area contributed by atoms with Crippen LogP contribution in [0, 0.1) is 0 Å². The smallest absolute Gasteiger partial charge is 0.235 e. The average molecular weight is 339 g/mol. The minimum atomic E-state index is -4.46. The lowest BCUT2D eigenvalue weighted by atomic mass is 10.3. The topological polar surface area (TPSA) is 12.9 Å². The molecule has 0 radical (unpaired) electrons. The second-order valence-electron chi connectivity index (χ2n) is 2.09. The van der Waals surface area contributed by atoms with E-state index in [2.05, 4.69) is 36.8 Å². The van der Waals surface area contributed by atoms with Crippen LogP contribution in [0.2, 0.25) is 5.02 Å². The van der Waals surface area contributed by atoms with Crippen LogP contribution in [0.1, 0.15) is 5.69 Å². The average Bonchev–Trinajstić information content (AvgIpc) is 1.97. The van der Waals surface area contributed by atoms with Gasteiger partial charge in [0.2, 0.25) is 0 Å². The third kappa shape index (κ3) is 2.57. The quantitative estimate of drug-likeness (QED) is 0.643. The van der Waals surface area contributed by atoms with Crippen LogP contribution in [0.25, 0.3) is 0 Å². The molecule has 0 aliphatic carbocycles. The van der Waals surface area contributed by atoms with Gasteiger partial charge in [0.1, 0.15) is 10.3 Å². The maximum atomic E-state index is 12.1. The zero-order valence-electron chi connectivity index (χ0n) is 5.79. The van der Waals surface area contributed by atoms with E-state index in [0.29, 0.717) is 0 Å². The fourth-order valence-electron chi connectivity index (χ4n) is 0.614. The molecule has 0 spiro atoms. The van der Waals surface area contributed by atoms with Crippen molar-refractivity contribution in [3.8, 4) is 0 Å². The van der Waals surface area contributed by atoms with E-state index in [0.717, 1.165) is 6.07 Å². The van der Waals surface area contributed by atoms with Gasteiger partial charge in [0, 0.05) is 4.47 Å². The molecule has 7 heteroatoms. The third-order valence-corrected chi connectivity index (χ3v) is 3.20. The number of alkyl halides is 3. The lowest BCUT2D eigenvalue weighted by Gasteiger charge is -2.07. The van der Waals surface area contributed by atoms with Gasteiger partial charge in [-0.25, -0.2) is 4.98 Å². The van der Waals surface area contributed by atoms with Crippen molar-refractivity contribution >= 4 is 43.5 Å². The number of hydrogen-bond donors (Lipinski definition) is 0. The van der Waals surface area contributed by atoms with Crippen LogP contribution in [0.4, 0.5) is 13.2 Å². The summed E-state index contributed by atoms with van der Waals surface area (Å²) in [6.07, 6.45) is -4.46. The minimum Gasteiger partial charge on any atom is -0.235 e. The second-order valence-corrected chi connectivity index (χ2v) is 4.08. The Morgan fingerprint density at radius 2 is 1.85 bits per heavy atom. The van der Waals surface area contributed by atoms with Crippen molar-refractivity contribution in [1.29, 1.82) is 0 Å². The molecule has 0 N–H and O–H groups in total. The number of aromatic nitrogens is 1. The molecule has 72 valence electrons. The fourth-order valence-corrected chi connectivity index (χ4v) is 1.79. The molecule has 1 aromatic heterocycles. The van der Waals surface area contributed by atoms with Crippen molar-refractivity contribution in [2.24, 2.45) is 0 Å². The van der Waals surface area contributed by atoms with Crippen molar-refractivity contribution in [3.63, 3.8) is 0 Å². The molecular weight excluding hydrogens is 338 g/mol. The van der Waals surface area contributed by atoms with Crippen molar-refractivity contribution in [3.05, 3.63) is 25.9 Å². The molecule has 0 unspecified atom stereocenters. The third-order valence-electron chi connectivity index (χ3n) is 1.16. The van der Waals surface area contributed by atoms with Gasteiger partial charge in [0.15, 0.2) is 0 Å². The Kier molecular flexibility index (Phi) is 3.24. The van der Waals surface area contributed by atoms with Gasteiger partial charge in [0.05, 0.1) is 5.02 Å². The van der Waals surface area contributed by atoms with E-state index in [-0.39, 0.29) is 14.1 Å². The van der Waals surface area contributed by atoms with Crippen molar-refractivity contribution in [2.45, 2.75) is 6.18 Å². The highest BCUT2D eigenvalue weighted by molar-refractivity contribution is 9.11. The molecule has 0 bridgehead atoms. The van der Waals surface area contributed by atoms with Crippen LogP contribution in [-0.4, -0.2) is 4.98 Å². The first kappa shape index (κ1) is 11.3. The van der Waals surface area contributed by atoms with E-state index in [1.54, 1.807) is 0 Å². The van der Waals surface area contributed by atoms with Gasteiger partial charge >= 0.3 is 6.18 Å². The number of nitrogens with zero attached hydrogens (tertiary/aromatic N) is 1. The molecule has 1 heterocycles. The number of rotatable bonds is 0. The molecule has 0 aliphatic rings. The van der Waals surface area contributed by atoms with E-state index >= 15 is 0 Å². The maximum Gasteiger partial charge on any atom is 0.433 e. The summed E-state index contributed by atoms with van der Waals surface area (Å²) in [5.74, 6) is 0. The molecular formula is C6HBr2ClF3N. The first-order chi connectivity index (χ1) is 5.82. The summed E-state index contributed by atoms with van der Waals surface area (Å²) in [7, 11) is 0. The number of hydrogen-bond acceptors (Lipinski definition) is 1. The molecule has 0 saturated heterocycles. The molecule has 0 aromatic carbocycles. The molecule has 0 amide bonds. The van der Waals surface area contributed by atoms with E-state index in [1.165, 1.54) is 0 Å². The summed E-state index contributed by atoms with van der Waals surface area (Å²) >= 11 is 11.3. The van der Waals surface area contributed by atoms with E-state index in [1.807, 2.05) is 0 Å². The number of pyridine rings is 1. The summed E-state index contributed by atoms with van der Waals surface area (Å²) in [6, 6.07) is 0.826. The Morgan fingerprint density at radius 3 is 2.23 bits per heavy atom. The SMILES string of the molecule is FC(F)(F)c1cc(Br)c(Cl)c(Br)n1. The fraction of sp³-hybridized carbons (Fsp3) is 0.167.